The Morgan fingerprint density at radius 1 is 1.33 bits per heavy atom. The number of carbonyl (C=O) groups is 1. The molecule has 1 heterocycles. The number of hydrogen-bond donors (Lipinski definition) is 1. The van der Waals surface area contributed by atoms with Gasteiger partial charge in [-0.3, -0.25) is 4.57 Å². The maximum Gasteiger partial charge on any atom is 0.337 e. The van der Waals surface area contributed by atoms with Crippen molar-refractivity contribution in [2.24, 2.45) is 0 Å². The van der Waals surface area contributed by atoms with Gasteiger partial charge in [0.25, 0.3) is 0 Å². The molecule has 0 amide bonds. The van der Waals surface area contributed by atoms with Gasteiger partial charge in [-0.05, 0) is 30.3 Å². The Labute approximate surface area is 118 Å². The van der Waals surface area contributed by atoms with E-state index < -0.39 is 11.8 Å². The van der Waals surface area contributed by atoms with Crippen LogP contribution in [0.3, 0.4) is 0 Å². The van der Waals surface area contributed by atoms with Crippen LogP contribution in [0, 0.1) is 17.1 Å². The predicted octanol–water partition coefficient (Wildman–Crippen LogP) is 2.73. The van der Waals surface area contributed by atoms with Gasteiger partial charge in [-0.2, -0.15) is 5.26 Å². The van der Waals surface area contributed by atoms with E-state index in [-0.39, 0.29) is 11.1 Å². The molecular weight excluding hydrogens is 273 g/mol. The summed E-state index contributed by atoms with van der Waals surface area (Å²) < 4.78 is 14.8. The van der Waals surface area contributed by atoms with Crippen LogP contribution in [0.5, 0.6) is 0 Å². The maximum atomic E-state index is 13.2. The van der Waals surface area contributed by atoms with E-state index in [1.807, 2.05) is 6.07 Å². The molecule has 6 heteroatoms. The van der Waals surface area contributed by atoms with E-state index in [1.165, 1.54) is 24.5 Å². The number of fused-ring (bicyclic) bond motifs is 1. The summed E-state index contributed by atoms with van der Waals surface area (Å²) in [6.45, 7) is 0. The minimum Gasteiger partial charge on any atom is -0.478 e. The summed E-state index contributed by atoms with van der Waals surface area (Å²) in [5.41, 5.74) is 1.53. The van der Waals surface area contributed by atoms with Crippen LogP contribution in [0.4, 0.5) is 4.39 Å². The first kappa shape index (κ1) is 12.8. The molecule has 0 fully saturated rings. The van der Waals surface area contributed by atoms with E-state index in [4.69, 9.17) is 10.4 Å². The fourth-order valence-corrected chi connectivity index (χ4v) is 2.21. The van der Waals surface area contributed by atoms with Gasteiger partial charge in [0.1, 0.15) is 23.7 Å². The number of hydrogen-bond acceptors (Lipinski definition) is 3. The average Bonchev–Trinajstić information content (AvgIpc) is 2.90. The number of aromatic carboxylic acids is 1. The second-order valence-corrected chi connectivity index (χ2v) is 4.37. The van der Waals surface area contributed by atoms with Crippen molar-refractivity contribution in [3.63, 3.8) is 0 Å². The van der Waals surface area contributed by atoms with Crippen LogP contribution in [0.2, 0.25) is 0 Å². The smallest absolute Gasteiger partial charge is 0.337 e. The first-order chi connectivity index (χ1) is 10.1. The van der Waals surface area contributed by atoms with E-state index in [0.29, 0.717) is 16.7 Å². The Bertz CT molecular complexity index is 909. The van der Waals surface area contributed by atoms with Gasteiger partial charge in [0, 0.05) is 0 Å². The van der Waals surface area contributed by atoms with E-state index in [2.05, 4.69) is 4.98 Å². The van der Waals surface area contributed by atoms with Crippen molar-refractivity contribution in [2.45, 2.75) is 0 Å². The monoisotopic (exact) mass is 281 g/mol. The second kappa shape index (κ2) is 4.72. The minimum absolute atomic E-state index is 0.0758. The second-order valence-electron chi connectivity index (χ2n) is 4.37. The molecule has 1 N–H and O–H groups in total. The lowest BCUT2D eigenvalue weighted by atomic mass is 10.1. The Hall–Kier alpha value is -3.20. The summed E-state index contributed by atoms with van der Waals surface area (Å²) in [7, 11) is 0. The zero-order valence-corrected chi connectivity index (χ0v) is 10.6. The van der Waals surface area contributed by atoms with Crippen LogP contribution in [0.15, 0.2) is 42.7 Å². The highest BCUT2D eigenvalue weighted by atomic mass is 19.1. The van der Waals surface area contributed by atoms with Crippen LogP contribution in [0.25, 0.3) is 16.7 Å². The number of rotatable bonds is 2. The molecule has 2 aromatic carbocycles. The standard InChI is InChI=1S/C15H8FN3O2/c16-10-4-5-12(9(6-10)7-17)19-8-18-14-11(15(20)21)2-1-3-13(14)19/h1-6,8H,(H,20,21). The Morgan fingerprint density at radius 3 is 2.86 bits per heavy atom. The van der Waals surface area contributed by atoms with Crippen molar-refractivity contribution in [1.82, 2.24) is 9.55 Å². The van der Waals surface area contributed by atoms with Crippen molar-refractivity contribution in [1.29, 1.82) is 5.26 Å². The summed E-state index contributed by atoms with van der Waals surface area (Å²) in [5, 5.41) is 18.3. The van der Waals surface area contributed by atoms with E-state index in [1.54, 1.807) is 16.7 Å². The number of carboxylic acid groups (broad SMARTS) is 1. The topological polar surface area (TPSA) is 78.9 Å². The van der Waals surface area contributed by atoms with Gasteiger partial charge in [0.05, 0.1) is 22.3 Å². The number of aromatic nitrogens is 2. The molecule has 0 aliphatic carbocycles. The summed E-state index contributed by atoms with van der Waals surface area (Å²) in [5.74, 6) is -1.59. The highest BCUT2D eigenvalue weighted by molar-refractivity contribution is 6.01. The molecule has 0 bridgehead atoms. The molecule has 0 radical (unpaired) electrons. The lowest BCUT2D eigenvalue weighted by Gasteiger charge is -2.07. The molecule has 0 aliphatic rings. The number of benzene rings is 2. The quantitative estimate of drug-likeness (QED) is 0.783. The van der Waals surface area contributed by atoms with Crippen molar-refractivity contribution in [2.75, 3.05) is 0 Å². The number of nitrogens with zero attached hydrogens (tertiary/aromatic N) is 3. The van der Waals surface area contributed by atoms with Crippen LogP contribution in [-0.2, 0) is 0 Å². The number of halogens is 1. The van der Waals surface area contributed by atoms with Crippen molar-refractivity contribution in [3.05, 3.63) is 59.7 Å². The zero-order valence-electron chi connectivity index (χ0n) is 10.6. The van der Waals surface area contributed by atoms with Gasteiger partial charge in [0.2, 0.25) is 0 Å². The normalized spacial score (nSPS) is 10.5. The summed E-state index contributed by atoms with van der Waals surface area (Å²) in [6, 6.07) is 10.5. The van der Waals surface area contributed by atoms with Crippen molar-refractivity contribution in [3.8, 4) is 11.8 Å². The van der Waals surface area contributed by atoms with Crippen LogP contribution < -0.4 is 0 Å². The lowest BCUT2D eigenvalue weighted by molar-refractivity contribution is 0.0699. The molecule has 21 heavy (non-hydrogen) atoms. The zero-order chi connectivity index (χ0) is 15.0. The molecule has 102 valence electrons. The van der Waals surface area contributed by atoms with Crippen molar-refractivity contribution < 1.29 is 14.3 Å². The number of carboxylic acids is 1. The Kier molecular flexibility index (Phi) is 2.88. The van der Waals surface area contributed by atoms with E-state index in [9.17, 15) is 9.18 Å². The van der Waals surface area contributed by atoms with Gasteiger partial charge >= 0.3 is 5.97 Å². The molecule has 0 saturated carbocycles. The first-order valence-corrected chi connectivity index (χ1v) is 6.01. The number of imidazole rings is 1. The Balaban J connectivity index is 2.31. The molecule has 0 unspecified atom stereocenters. The molecule has 0 atom stereocenters. The lowest BCUT2D eigenvalue weighted by Crippen LogP contribution is -1.99. The number of para-hydroxylation sites is 1. The summed E-state index contributed by atoms with van der Waals surface area (Å²) in [4.78, 5) is 15.3. The molecular formula is C15H8FN3O2. The highest BCUT2D eigenvalue weighted by Gasteiger charge is 2.15. The van der Waals surface area contributed by atoms with Crippen molar-refractivity contribution >= 4 is 17.0 Å². The van der Waals surface area contributed by atoms with Gasteiger partial charge in [0.15, 0.2) is 0 Å². The molecule has 3 aromatic rings. The van der Waals surface area contributed by atoms with Gasteiger partial charge in [-0.1, -0.05) is 6.07 Å². The third-order valence-corrected chi connectivity index (χ3v) is 3.15. The van der Waals surface area contributed by atoms with Crippen LogP contribution >= 0.6 is 0 Å². The summed E-state index contributed by atoms with van der Waals surface area (Å²) in [6.07, 6.45) is 1.42. The van der Waals surface area contributed by atoms with E-state index in [0.717, 1.165) is 6.07 Å². The van der Waals surface area contributed by atoms with Gasteiger partial charge in [-0.15, -0.1) is 0 Å². The highest BCUT2D eigenvalue weighted by Crippen LogP contribution is 2.23. The number of nitriles is 1. The largest absolute Gasteiger partial charge is 0.478 e. The third kappa shape index (κ3) is 2.01. The SMILES string of the molecule is N#Cc1cc(F)ccc1-n1cnc2c(C(=O)O)cccc21. The molecule has 0 spiro atoms. The maximum absolute atomic E-state index is 13.2. The van der Waals surface area contributed by atoms with Gasteiger partial charge in [-0.25, -0.2) is 14.2 Å². The first-order valence-electron chi connectivity index (χ1n) is 6.01. The minimum atomic E-state index is -1.08. The van der Waals surface area contributed by atoms with Crippen LogP contribution in [-0.4, -0.2) is 20.6 Å². The summed E-state index contributed by atoms with van der Waals surface area (Å²) >= 11 is 0. The fourth-order valence-electron chi connectivity index (χ4n) is 2.21. The molecule has 0 aliphatic heterocycles. The predicted molar refractivity (Wildman–Crippen MR) is 72.7 cm³/mol. The van der Waals surface area contributed by atoms with E-state index >= 15 is 0 Å². The molecule has 3 rings (SSSR count). The third-order valence-electron chi connectivity index (χ3n) is 3.15. The fraction of sp³-hybridized carbons (Fsp3) is 0. The average molecular weight is 281 g/mol. The molecule has 0 saturated heterocycles. The Morgan fingerprint density at radius 2 is 2.14 bits per heavy atom. The molecule has 1 aromatic heterocycles. The molecule has 5 nitrogen and oxygen atoms in total. The van der Waals surface area contributed by atoms with Gasteiger partial charge < -0.3 is 5.11 Å². The van der Waals surface area contributed by atoms with Crippen LogP contribution in [0.1, 0.15) is 15.9 Å².